The van der Waals surface area contributed by atoms with Crippen LogP contribution in [0.4, 0.5) is 5.82 Å². The highest BCUT2D eigenvalue weighted by molar-refractivity contribution is 7.98. The third-order valence-corrected chi connectivity index (χ3v) is 3.68. The zero-order chi connectivity index (χ0) is 14.7. The Hall–Kier alpha value is -2.28. The molecule has 2 heterocycles. The minimum absolute atomic E-state index is 0.478. The summed E-state index contributed by atoms with van der Waals surface area (Å²) in [4.78, 5) is 16.1. The van der Waals surface area contributed by atoms with Crippen molar-refractivity contribution in [1.29, 1.82) is 0 Å². The number of fused-ring (bicyclic) bond motifs is 1. The first-order chi connectivity index (χ1) is 10.2. The highest BCUT2D eigenvalue weighted by atomic mass is 32.2. The Balaban J connectivity index is 1.75. The third kappa shape index (κ3) is 3.25. The van der Waals surface area contributed by atoms with Crippen LogP contribution in [0.5, 0.6) is 5.75 Å². The van der Waals surface area contributed by atoms with Crippen LogP contribution in [0.1, 0.15) is 12.7 Å². The standard InChI is InChI=1S/C14H15N5OS/c1-2-20-9-3-4-10-11(7-9)18-14(17-10)21-8-13-16-6-5-12(15)19-13/h3-7H,2,8H2,1H3,(H,17,18)(H2,15,16,19). The average Bonchev–Trinajstić information content (AvgIpc) is 2.88. The number of thioether (sulfide) groups is 1. The molecule has 108 valence electrons. The van der Waals surface area contributed by atoms with E-state index in [1.165, 1.54) is 11.8 Å². The number of hydrogen-bond donors (Lipinski definition) is 2. The molecule has 0 aliphatic heterocycles. The van der Waals surface area contributed by atoms with Crippen LogP contribution in [-0.2, 0) is 5.75 Å². The maximum atomic E-state index is 5.64. The summed E-state index contributed by atoms with van der Waals surface area (Å²) < 4.78 is 5.48. The Morgan fingerprint density at radius 3 is 3.00 bits per heavy atom. The number of imidazole rings is 1. The van der Waals surface area contributed by atoms with E-state index >= 15 is 0 Å². The molecular weight excluding hydrogens is 286 g/mol. The van der Waals surface area contributed by atoms with E-state index in [9.17, 15) is 0 Å². The molecule has 0 atom stereocenters. The van der Waals surface area contributed by atoms with Crippen molar-refractivity contribution in [3.8, 4) is 5.75 Å². The van der Waals surface area contributed by atoms with Crippen LogP contribution >= 0.6 is 11.8 Å². The Kier molecular flexibility index (Phi) is 3.92. The van der Waals surface area contributed by atoms with Crippen molar-refractivity contribution in [3.63, 3.8) is 0 Å². The molecule has 0 bridgehead atoms. The molecule has 0 amide bonds. The predicted octanol–water partition coefficient (Wildman–Crippen LogP) is 2.63. The van der Waals surface area contributed by atoms with E-state index in [1.807, 2.05) is 25.1 Å². The van der Waals surface area contributed by atoms with E-state index in [0.717, 1.165) is 21.9 Å². The van der Waals surface area contributed by atoms with Gasteiger partial charge in [0.15, 0.2) is 5.16 Å². The Labute approximate surface area is 126 Å². The summed E-state index contributed by atoms with van der Waals surface area (Å²) in [5.41, 5.74) is 7.50. The van der Waals surface area contributed by atoms with Gasteiger partial charge in [-0.3, -0.25) is 0 Å². The van der Waals surface area contributed by atoms with Gasteiger partial charge < -0.3 is 15.5 Å². The fraction of sp³-hybridized carbons (Fsp3) is 0.214. The number of nitrogen functional groups attached to an aromatic ring is 1. The van der Waals surface area contributed by atoms with Gasteiger partial charge in [0.2, 0.25) is 0 Å². The van der Waals surface area contributed by atoms with Gasteiger partial charge in [0.25, 0.3) is 0 Å². The van der Waals surface area contributed by atoms with Crippen molar-refractivity contribution in [2.24, 2.45) is 0 Å². The Morgan fingerprint density at radius 1 is 1.29 bits per heavy atom. The van der Waals surface area contributed by atoms with E-state index in [0.29, 0.717) is 24.0 Å². The minimum Gasteiger partial charge on any atom is -0.494 e. The van der Waals surface area contributed by atoms with Gasteiger partial charge in [-0.05, 0) is 25.1 Å². The van der Waals surface area contributed by atoms with Crippen molar-refractivity contribution >= 4 is 28.6 Å². The number of aromatic nitrogens is 4. The van der Waals surface area contributed by atoms with Crippen molar-refractivity contribution in [2.75, 3.05) is 12.3 Å². The monoisotopic (exact) mass is 301 g/mol. The quantitative estimate of drug-likeness (QED) is 0.704. The molecule has 3 rings (SSSR count). The normalized spacial score (nSPS) is 10.9. The smallest absolute Gasteiger partial charge is 0.166 e. The minimum atomic E-state index is 0.478. The highest BCUT2D eigenvalue weighted by Crippen LogP contribution is 2.24. The summed E-state index contributed by atoms with van der Waals surface area (Å²) in [5, 5.41) is 0.824. The topological polar surface area (TPSA) is 89.7 Å². The van der Waals surface area contributed by atoms with Crippen LogP contribution in [0, 0.1) is 0 Å². The zero-order valence-corrected chi connectivity index (χ0v) is 12.4. The second-order valence-electron chi connectivity index (χ2n) is 4.34. The number of H-pyrrole nitrogens is 1. The molecule has 3 aromatic rings. The van der Waals surface area contributed by atoms with Crippen LogP contribution in [0.15, 0.2) is 35.6 Å². The molecule has 0 saturated carbocycles. The lowest BCUT2D eigenvalue weighted by Crippen LogP contribution is -1.96. The Bertz CT molecular complexity index is 758. The molecular formula is C14H15N5OS. The number of benzene rings is 1. The van der Waals surface area contributed by atoms with Crippen molar-refractivity contribution in [1.82, 2.24) is 19.9 Å². The number of anilines is 1. The van der Waals surface area contributed by atoms with Crippen LogP contribution < -0.4 is 10.5 Å². The summed E-state index contributed by atoms with van der Waals surface area (Å²) >= 11 is 1.54. The van der Waals surface area contributed by atoms with Crippen molar-refractivity contribution in [3.05, 3.63) is 36.3 Å². The molecule has 7 heteroatoms. The van der Waals surface area contributed by atoms with Gasteiger partial charge in [-0.2, -0.15) is 0 Å². The first kappa shape index (κ1) is 13.7. The summed E-state index contributed by atoms with van der Waals surface area (Å²) in [5.74, 6) is 2.62. The zero-order valence-electron chi connectivity index (χ0n) is 11.5. The van der Waals surface area contributed by atoms with E-state index in [2.05, 4.69) is 19.9 Å². The molecule has 0 aliphatic carbocycles. The molecule has 0 aliphatic rings. The number of nitrogens with one attached hydrogen (secondary N) is 1. The van der Waals surface area contributed by atoms with Crippen molar-refractivity contribution < 1.29 is 4.74 Å². The predicted molar refractivity (Wildman–Crippen MR) is 83.3 cm³/mol. The molecule has 21 heavy (non-hydrogen) atoms. The van der Waals surface area contributed by atoms with Gasteiger partial charge in [-0.15, -0.1) is 0 Å². The molecule has 0 spiro atoms. The molecule has 6 nitrogen and oxygen atoms in total. The number of hydrogen-bond acceptors (Lipinski definition) is 6. The number of nitrogens with zero attached hydrogens (tertiary/aromatic N) is 3. The number of ether oxygens (including phenoxy) is 1. The number of aromatic amines is 1. The van der Waals surface area contributed by atoms with Crippen LogP contribution in [-0.4, -0.2) is 26.5 Å². The first-order valence-electron chi connectivity index (χ1n) is 6.57. The molecule has 0 fully saturated rings. The number of nitrogens with two attached hydrogens (primary N) is 1. The lowest BCUT2D eigenvalue weighted by atomic mass is 10.3. The highest BCUT2D eigenvalue weighted by Gasteiger charge is 2.06. The average molecular weight is 301 g/mol. The summed E-state index contributed by atoms with van der Waals surface area (Å²) in [7, 11) is 0. The van der Waals surface area contributed by atoms with Crippen LogP contribution in [0.2, 0.25) is 0 Å². The summed E-state index contributed by atoms with van der Waals surface area (Å²) in [6.45, 7) is 2.61. The van der Waals surface area contributed by atoms with E-state index in [-0.39, 0.29) is 0 Å². The third-order valence-electron chi connectivity index (χ3n) is 2.81. The molecule has 3 N–H and O–H groups in total. The first-order valence-corrected chi connectivity index (χ1v) is 7.56. The van der Waals surface area contributed by atoms with Crippen LogP contribution in [0.25, 0.3) is 11.0 Å². The fourth-order valence-electron chi connectivity index (χ4n) is 1.91. The molecule has 0 saturated heterocycles. The summed E-state index contributed by atoms with van der Waals surface area (Å²) in [6, 6.07) is 7.48. The Morgan fingerprint density at radius 2 is 2.19 bits per heavy atom. The van der Waals surface area contributed by atoms with Crippen molar-refractivity contribution in [2.45, 2.75) is 17.8 Å². The van der Waals surface area contributed by atoms with E-state index in [4.69, 9.17) is 10.5 Å². The maximum Gasteiger partial charge on any atom is 0.166 e. The van der Waals surface area contributed by atoms with E-state index < -0.39 is 0 Å². The van der Waals surface area contributed by atoms with E-state index in [1.54, 1.807) is 12.3 Å². The van der Waals surface area contributed by atoms with Crippen LogP contribution in [0.3, 0.4) is 0 Å². The largest absolute Gasteiger partial charge is 0.494 e. The lowest BCUT2D eigenvalue weighted by Gasteiger charge is -2.00. The van der Waals surface area contributed by atoms with Gasteiger partial charge in [0, 0.05) is 12.3 Å². The molecule has 0 unspecified atom stereocenters. The van der Waals surface area contributed by atoms with Gasteiger partial charge in [-0.1, -0.05) is 11.8 Å². The van der Waals surface area contributed by atoms with Gasteiger partial charge >= 0.3 is 0 Å². The second kappa shape index (κ2) is 6.01. The summed E-state index contributed by atoms with van der Waals surface area (Å²) in [6.07, 6.45) is 1.66. The fourth-order valence-corrected chi connectivity index (χ4v) is 2.66. The molecule has 2 aromatic heterocycles. The SMILES string of the molecule is CCOc1ccc2nc(SCc3nccc(N)n3)[nH]c2c1. The van der Waals surface area contributed by atoms with Gasteiger partial charge in [-0.25, -0.2) is 15.0 Å². The van der Waals surface area contributed by atoms with Gasteiger partial charge in [0.1, 0.15) is 17.4 Å². The van der Waals surface area contributed by atoms with Gasteiger partial charge in [0.05, 0.1) is 23.4 Å². The number of rotatable bonds is 5. The lowest BCUT2D eigenvalue weighted by molar-refractivity contribution is 0.340. The maximum absolute atomic E-state index is 5.64. The molecule has 1 aromatic carbocycles. The molecule has 0 radical (unpaired) electrons. The second-order valence-corrected chi connectivity index (χ2v) is 5.30.